The van der Waals surface area contributed by atoms with Crippen LogP contribution in [0.25, 0.3) is 0 Å². The summed E-state index contributed by atoms with van der Waals surface area (Å²) < 4.78 is 0. The largest absolute Gasteiger partial charge is 0.348 e. The maximum absolute atomic E-state index is 12.1. The third kappa shape index (κ3) is 5.42. The molecular weight excluding hydrogens is 374 g/mol. The van der Waals surface area contributed by atoms with Gasteiger partial charge in [0, 0.05) is 0 Å². The van der Waals surface area contributed by atoms with E-state index in [1.54, 1.807) is 17.5 Å². The zero-order chi connectivity index (χ0) is 19.9. The summed E-state index contributed by atoms with van der Waals surface area (Å²) in [5.74, 6) is -0.958. The molecule has 1 heterocycles. The first kappa shape index (κ1) is 20.1. The van der Waals surface area contributed by atoms with E-state index in [0.717, 1.165) is 18.4 Å². The van der Waals surface area contributed by atoms with Gasteiger partial charge in [0.25, 0.3) is 5.91 Å². The van der Waals surface area contributed by atoms with E-state index in [2.05, 4.69) is 34.1 Å². The number of carbonyl (C=O) groups excluding carboxylic acids is 3. The Morgan fingerprint density at radius 3 is 2.50 bits per heavy atom. The van der Waals surface area contributed by atoms with E-state index in [4.69, 9.17) is 0 Å². The fraction of sp³-hybridized carbons (Fsp3) is 0.381. The smallest absolute Gasteiger partial charge is 0.261 e. The maximum atomic E-state index is 12.1. The van der Waals surface area contributed by atoms with Gasteiger partial charge in [-0.1, -0.05) is 24.3 Å². The highest BCUT2D eigenvalue weighted by atomic mass is 32.1. The third-order valence-corrected chi connectivity index (χ3v) is 5.72. The minimum atomic E-state index is -0.401. The van der Waals surface area contributed by atoms with Crippen molar-refractivity contribution in [3.63, 3.8) is 0 Å². The summed E-state index contributed by atoms with van der Waals surface area (Å²) in [5.41, 5.74) is 3.86. The van der Waals surface area contributed by atoms with Crippen LogP contribution in [0.3, 0.4) is 0 Å². The van der Waals surface area contributed by atoms with Crippen LogP contribution in [0.15, 0.2) is 35.7 Å². The van der Waals surface area contributed by atoms with Gasteiger partial charge >= 0.3 is 0 Å². The Labute approximate surface area is 168 Å². The quantitative estimate of drug-likeness (QED) is 0.668. The number of rotatable bonds is 7. The van der Waals surface area contributed by atoms with E-state index in [1.165, 1.54) is 35.3 Å². The van der Waals surface area contributed by atoms with Crippen molar-refractivity contribution in [3.05, 3.63) is 57.3 Å². The van der Waals surface area contributed by atoms with Gasteiger partial charge < -0.3 is 16.0 Å². The van der Waals surface area contributed by atoms with Crippen LogP contribution in [0.2, 0.25) is 0 Å². The molecule has 0 radical (unpaired) electrons. The third-order valence-electron chi connectivity index (χ3n) is 4.85. The van der Waals surface area contributed by atoms with Gasteiger partial charge in [-0.3, -0.25) is 14.4 Å². The van der Waals surface area contributed by atoms with Gasteiger partial charge in [-0.15, -0.1) is 11.3 Å². The van der Waals surface area contributed by atoms with Crippen molar-refractivity contribution in [3.8, 4) is 0 Å². The first-order valence-corrected chi connectivity index (χ1v) is 10.4. The van der Waals surface area contributed by atoms with Gasteiger partial charge in [0.1, 0.15) is 0 Å². The SMILES string of the molecule is C[C@H](NC(=O)CNC(=O)CNC(=O)c1cccs1)c1ccc2c(c1)CCCC2. The molecule has 0 aliphatic heterocycles. The number of nitrogens with one attached hydrogen (secondary N) is 3. The normalized spacial score (nSPS) is 13.9. The molecule has 0 bridgehead atoms. The number of hydrogen-bond donors (Lipinski definition) is 3. The van der Waals surface area contributed by atoms with Crippen LogP contribution in [-0.4, -0.2) is 30.8 Å². The number of thiophene rings is 1. The summed E-state index contributed by atoms with van der Waals surface area (Å²) in [6.07, 6.45) is 4.68. The summed E-state index contributed by atoms with van der Waals surface area (Å²) in [7, 11) is 0. The molecule has 1 atom stereocenters. The van der Waals surface area contributed by atoms with E-state index in [-0.39, 0.29) is 30.9 Å². The lowest BCUT2D eigenvalue weighted by molar-refractivity contribution is -0.125. The number of benzene rings is 1. The second-order valence-electron chi connectivity index (χ2n) is 6.96. The van der Waals surface area contributed by atoms with Crippen molar-refractivity contribution in [2.24, 2.45) is 0 Å². The molecule has 0 saturated carbocycles. The van der Waals surface area contributed by atoms with Gasteiger partial charge in [0.2, 0.25) is 11.8 Å². The van der Waals surface area contributed by atoms with Crippen molar-refractivity contribution >= 4 is 29.1 Å². The summed E-state index contributed by atoms with van der Waals surface area (Å²) in [6, 6.07) is 9.73. The Kier molecular flexibility index (Phi) is 6.81. The number of carbonyl (C=O) groups is 3. The molecule has 1 aromatic carbocycles. The molecule has 1 aliphatic carbocycles. The molecule has 0 spiro atoms. The average molecular weight is 400 g/mol. The van der Waals surface area contributed by atoms with Gasteiger partial charge in [-0.2, -0.15) is 0 Å². The molecule has 28 heavy (non-hydrogen) atoms. The van der Waals surface area contributed by atoms with Crippen LogP contribution in [-0.2, 0) is 22.4 Å². The van der Waals surface area contributed by atoms with Gasteiger partial charge in [-0.05, 0) is 60.7 Å². The molecule has 6 nitrogen and oxygen atoms in total. The molecule has 1 aliphatic rings. The topological polar surface area (TPSA) is 87.3 Å². The summed E-state index contributed by atoms with van der Waals surface area (Å²) in [4.78, 5) is 36.3. The van der Waals surface area contributed by atoms with Gasteiger partial charge in [-0.25, -0.2) is 0 Å². The molecule has 0 unspecified atom stereocenters. The number of hydrogen-bond acceptors (Lipinski definition) is 4. The predicted molar refractivity (Wildman–Crippen MR) is 109 cm³/mol. The van der Waals surface area contributed by atoms with E-state index in [9.17, 15) is 14.4 Å². The minimum absolute atomic E-state index is 0.122. The van der Waals surface area contributed by atoms with E-state index in [1.807, 2.05) is 6.92 Å². The molecule has 1 aromatic heterocycles. The van der Waals surface area contributed by atoms with Crippen LogP contribution in [0.1, 0.15) is 52.2 Å². The van der Waals surface area contributed by atoms with E-state index >= 15 is 0 Å². The average Bonchev–Trinajstić information content (AvgIpc) is 3.25. The lowest BCUT2D eigenvalue weighted by atomic mass is 9.89. The number of amides is 3. The molecule has 0 fully saturated rings. The molecule has 3 N–H and O–H groups in total. The Hall–Kier alpha value is -2.67. The highest BCUT2D eigenvalue weighted by Gasteiger charge is 2.15. The van der Waals surface area contributed by atoms with Crippen LogP contribution in [0, 0.1) is 0 Å². The van der Waals surface area contributed by atoms with Crippen molar-refractivity contribution in [1.29, 1.82) is 0 Å². The molecule has 0 saturated heterocycles. The van der Waals surface area contributed by atoms with Crippen molar-refractivity contribution in [1.82, 2.24) is 16.0 Å². The Balaban J connectivity index is 1.41. The van der Waals surface area contributed by atoms with Crippen LogP contribution < -0.4 is 16.0 Å². The number of fused-ring (bicyclic) bond motifs is 1. The summed E-state index contributed by atoms with van der Waals surface area (Å²) in [5, 5.41) is 9.76. The molecular formula is C21H25N3O3S. The highest BCUT2D eigenvalue weighted by Crippen LogP contribution is 2.24. The molecule has 3 rings (SSSR count). The van der Waals surface area contributed by atoms with Crippen molar-refractivity contribution in [2.45, 2.75) is 38.6 Å². The fourth-order valence-corrected chi connectivity index (χ4v) is 3.94. The second kappa shape index (κ2) is 9.50. The molecule has 148 valence electrons. The first-order chi connectivity index (χ1) is 13.5. The Morgan fingerprint density at radius 1 is 1.00 bits per heavy atom. The first-order valence-electron chi connectivity index (χ1n) is 9.52. The van der Waals surface area contributed by atoms with Crippen molar-refractivity contribution < 1.29 is 14.4 Å². The van der Waals surface area contributed by atoms with Crippen LogP contribution in [0.5, 0.6) is 0 Å². The van der Waals surface area contributed by atoms with Crippen molar-refractivity contribution in [2.75, 3.05) is 13.1 Å². The summed E-state index contributed by atoms with van der Waals surface area (Å²) >= 11 is 1.31. The molecule has 7 heteroatoms. The maximum Gasteiger partial charge on any atom is 0.261 e. The van der Waals surface area contributed by atoms with E-state index in [0.29, 0.717) is 4.88 Å². The lowest BCUT2D eigenvalue weighted by Crippen LogP contribution is -2.42. The minimum Gasteiger partial charge on any atom is -0.348 e. The second-order valence-corrected chi connectivity index (χ2v) is 7.91. The highest BCUT2D eigenvalue weighted by molar-refractivity contribution is 7.12. The van der Waals surface area contributed by atoms with E-state index < -0.39 is 5.91 Å². The van der Waals surface area contributed by atoms with Crippen LogP contribution >= 0.6 is 11.3 Å². The molecule has 3 amide bonds. The zero-order valence-corrected chi connectivity index (χ0v) is 16.7. The fourth-order valence-electron chi connectivity index (χ4n) is 3.30. The monoisotopic (exact) mass is 399 g/mol. The number of aryl methyl sites for hydroxylation is 2. The standard InChI is InChI=1S/C21H25N3O3S/c1-14(16-9-8-15-5-2-3-6-17(15)11-16)24-20(26)13-22-19(25)12-23-21(27)18-7-4-10-28-18/h4,7-11,14H,2-3,5-6,12-13H2,1H3,(H,22,25)(H,23,27)(H,24,26)/t14-/m0/s1. The lowest BCUT2D eigenvalue weighted by Gasteiger charge is -2.20. The summed E-state index contributed by atoms with van der Waals surface area (Å²) in [6.45, 7) is 1.65. The van der Waals surface area contributed by atoms with Gasteiger partial charge in [0.05, 0.1) is 24.0 Å². The molecule has 2 aromatic rings. The zero-order valence-electron chi connectivity index (χ0n) is 15.9. The predicted octanol–water partition coefficient (Wildman–Crippen LogP) is 2.35. The van der Waals surface area contributed by atoms with Crippen LogP contribution in [0.4, 0.5) is 0 Å². The Bertz CT molecular complexity index is 849. The van der Waals surface area contributed by atoms with Gasteiger partial charge in [0.15, 0.2) is 0 Å². The Morgan fingerprint density at radius 2 is 1.75 bits per heavy atom.